The molecule has 3 rings (SSSR count). The van der Waals surface area contributed by atoms with Crippen molar-refractivity contribution in [3.8, 4) is 5.75 Å². The number of nitrogens with zero attached hydrogens (tertiary/aromatic N) is 1. The van der Waals surface area contributed by atoms with Crippen molar-refractivity contribution in [1.29, 1.82) is 0 Å². The van der Waals surface area contributed by atoms with Crippen molar-refractivity contribution < 1.29 is 14.3 Å². The molecule has 0 fully saturated rings. The first-order valence-electron chi connectivity index (χ1n) is 6.91. The van der Waals surface area contributed by atoms with Gasteiger partial charge in [-0.3, -0.25) is 4.98 Å². The summed E-state index contributed by atoms with van der Waals surface area (Å²) in [5.74, 6) is 0.392. The molecular weight excluding hydrogens is 278 g/mol. The number of carbonyl (C=O) groups is 1. The Morgan fingerprint density at radius 1 is 1.09 bits per heavy atom. The lowest BCUT2D eigenvalue weighted by molar-refractivity contribution is 0.0472. The quantitative estimate of drug-likeness (QED) is 0.690. The van der Waals surface area contributed by atoms with Crippen LogP contribution in [0.4, 0.5) is 0 Å². The number of esters is 1. The lowest BCUT2D eigenvalue weighted by Gasteiger charge is -2.06. The van der Waals surface area contributed by atoms with Crippen LogP contribution in [0.2, 0.25) is 0 Å². The number of benzene rings is 2. The Hall–Kier alpha value is -2.88. The van der Waals surface area contributed by atoms with E-state index in [9.17, 15) is 4.79 Å². The number of methoxy groups -OCH3 is 1. The number of para-hydroxylation sites is 1. The summed E-state index contributed by atoms with van der Waals surface area (Å²) in [6, 6.07) is 16.8. The van der Waals surface area contributed by atoms with E-state index in [1.54, 1.807) is 19.4 Å². The minimum atomic E-state index is -0.380. The zero-order valence-electron chi connectivity index (χ0n) is 12.2. The van der Waals surface area contributed by atoms with Gasteiger partial charge in [0.25, 0.3) is 0 Å². The third-order valence-electron chi connectivity index (χ3n) is 3.36. The third-order valence-corrected chi connectivity index (χ3v) is 3.36. The predicted molar refractivity (Wildman–Crippen MR) is 83.9 cm³/mol. The highest BCUT2D eigenvalue weighted by Gasteiger charge is 2.09. The maximum atomic E-state index is 12.1. The van der Waals surface area contributed by atoms with Crippen LogP contribution in [-0.4, -0.2) is 18.1 Å². The van der Waals surface area contributed by atoms with E-state index in [0.717, 1.165) is 22.2 Å². The molecule has 0 aliphatic rings. The molecule has 0 spiro atoms. The molecule has 0 radical (unpaired) electrons. The fourth-order valence-corrected chi connectivity index (χ4v) is 2.14. The van der Waals surface area contributed by atoms with Gasteiger partial charge in [-0.15, -0.1) is 0 Å². The average molecular weight is 293 g/mol. The zero-order valence-corrected chi connectivity index (χ0v) is 12.2. The molecular formula is C18H15NO3. The molecule has 1 heterocycles. The number of pyridine rings is 1. The SMILES string of the molecule is COc1ccc(COC(=O)c2cnc3ccccc3c2)cc1. The molecule has 0 saturated heterocycles. The molecule has 4 nitrogen and oxygen atoms in total. The minimum absolute atomic E-state index is 0.218. The molecule has 22 heavy (non-hydrogen) atoms. The van der Waals surface area contributed by atoms with Crippen LogP contribution in [0.1, 0.15) is 15.9 Å². The van der Waals surface area contributed by atoms with E-state index in [1.165, 1.54) is 0 Å². The fraction of sp³-hybridized carbons (Fsp3) is 0.111. The van der Waals surface area contributed by atoms with Crippen molar-refractivity contribution in [2.45, 2.75) is 6.61 Å². The van der Waals surface area contributed by atoms with Crippen molar-refractivity contribution in [1.82, 2.24) is 4.98 Å². The van der Waals surface area contributed by atoms with Gasteiger partial charge in [-0.25, -0.2) is 4.79 Å². The van der Waals surface area contributed by atoms with Gasteiger partial charge in [0, 0.05) is 11.6 Å². The lowest BCUT2D eigenvalue weighted by Crippen LogP contribution is -2.05. The van der Waals surface area contributed by atoms with Gasteiger partial charge in [-0.2, -0.15) is 0 Å². The zero-order chi connectivity index (χ0) is 15.4. The molecule has 0 atom stereocenters. The summed E-state index contributed by atoms with van der Waals surface area (Å²) >= 11 is 0. The Bertz CT molecular complexity index is 797. The monoisotopic (exact) mass is 293 g/mol. The molecule has 1 aromatic heterocycles. The van der Waals surface area contributed by atoms with E-state index >= 15 is 0 Å². The molecule has 4 heteroatoms. The Labute approximate surface area is 128 Å². The van der Waals surface area contributed by atoms with Crippen LogP contribution >= 0.6 is 0 Å². The lowest BCUT2D eigenvalue weighted by atomic mass is 10.1. The number of carbonyl (C=O) groups excluding carboxylic acids is 1. The first-order chi connectivity index (χ1) is 10.8. The van der Waals surface area contributed by atoms with Gasteiger partial charge in [-0.1, -0.05) is 30.3 Å². The molecule has 0 bridgehead atoms. The molecule has 0 aliphatic heterocycles. The molecule has 2 aromatic carbocycles. The summed E-state index contributed by atoms with van der Waals surface area (Å²) in [5.41, 5.74) is 2.21. The second-order valence-corrected chi connectivity index (χ2v) is 4.84. The maximum Gasteiger partial charge on any atom is 0.340 e. The third kappa shape index (κ3) is 3.06. The fourth-order valence-electron chi connectivity index (χ4n) is 2.14. The van der Waals surface area contributed by atoms with Crippen LogP contribution in [0, 0.1) is 0 Å². The maximum absolute atomic E-state index is 12.1. The topological polar surface area (TPSA) is 48.4 Å². The second kappa shape index (κ2) is 6.26. The van der Waals surface area contributed by atoms with E-state index in [4.69, 9.17) is 9.47 Å². The number of hydrogen-bond acceptors (Lipinski definition) is 4. The number of ether oxygens (including phenoxy) is 2. The highest BCUT2D eigenvalue weighted by atomic mass is 16.5. The normalized spacial score (nSPS) is 10.4. The van der Waals surface area contributed by atoms with E-state index in [1.807, 2.05) is 48.5 Å². The molecule has 3 aromatic rings. The van der Waals surface area contributed by atoms with Gasteiger partial charge in [0.05, 0.1) is 18.2 Å². The van der Waals surface area contributed by atoms with Crippen LogP contribution in [0.3, 0.4) is 0 Å². The minimum Gasteiger partial charge on any atom is -0.497 e. The summed E-state index contributed by atoms with van der Waals surface area (Å²) in [6.07, 6.45) is 1.54. The van der Waals surface area contributed by atoms with Gasteiger partial charge in [0.15, 0.2) is 0 Å². The summed E-state index contributed by atoms with van der Waals surface area (Å²) in [5, 5.41) is 0.918. The molecule has 0 saturated carbocycles. The smallest absolute Gasteiger partial charge is 0.340 e. The number of rotatable bonds is 4. The van der Waals surface area contributed by atoms with Gasteiger partial charge in [-0.05, 0) is 29.8 Å². The Balaban J connectivity index is 1.69. The highest BCUT2D eigenvalue weighted by Crippen LogP contribution is 2.15. The van der Waals surface area contributed by atoms with Crippen molar-refractivity contribution in [2.24, 2.45) is 0 Å². The predicted octanol–water partition coefficient (Wildman–Crippen LogP) is 3.60. The number of fused-ring (bicyclic) bond motifs is 1. The van der Waals surface area contributed by atoms with Crippen LogP contribution in [-0.2, 0) is 11.3 Å². The summed E-state index contributed by atoms with van der Waals surface area (Å²) < 4.78 is 10.4. The molecule has 0 N–H and O–H groups in total. The van der Waals surface area contributed by atoms with Crippen LogP contribution < -0.4 is 4.74 Å². The molecule has 0 unspecified atom stereocenters. The summed E-state index contributed by atoms with van der Waals surface area (Å²) in [6.45, 7) is 0.218. The van der Waals surface area contributed by atoms with Crippen molar-refractivity contribution in [3.63, 3.8) is 0 Å². The number of aromatic nitrogens is 1. The van der Waals surface area contributed by atoms with E-state index in [2.05, 4.69) is 4.98 Å². The summed E-state index contributed by atoms with van der Waals surface area (Å²) in [7, 11) is 1.61. The molecule has 110 valence electrons. The average Bonchev–Trinajstić information content (AvgIpc) is 2.59. The van der Waals surface area contributed by atoms with Gasteiger partial charge in [0.2, 0.25) is 0 Å². The van der Waals surface area contributed by atoms with Gasteiger partial charge in [0.1, 0.15) is 12.4 Å². The van der Waals surface area contributed by atoms with E-state index in [-0.39, 0.29) is 12.6 Å². The van der Waals surface area contributed by atoms with E-state index < -0.39 is 0 Å². The van der Waals surface area contributed by atoms with Crippen molar-refractivity contribution in [2.75, 3.05) is 7.11 Å². The first kappa shape index (κ1) is 14.1. The van der Waals surface area contributed by atoms with E-state index in [0.29, 0.717) is 5.56 Å². The van der Waals surface area contributed by atoms with Gasteiger partial charge < -0.3 is 9.47 Å². The van der Waals surface area contributed by atoms with Crippen molar-refractivity contribution in [3.05, 3.63) is 71.9 Å². The molecule has 0 aliphatic carbocycles. The standard InChI is InChI=1S/C18H15NO3/c1-21-16-8-6-13(7-9-16)12-22-18(20)15-10-14-4-2-3-5-17(14)19-11-15/h2-11H,12H2,1H3. The van der Waals surface area contributed by atoms with Crippen LogP contribution in [0.25, 0.3) is 10.9 Å². The van der Waals surface area contributed by atoms with Crippen LogP contribution in [0.15, 0.2) is 60.8 Å². The number of hydrogen-bond donors (Lipinski definition) is 0. The van der Waals surface area contributed by atoms with Gasteiger partial charge >= 0.3 is 5.97 Å². The van der Waals surface area contributed by atoms with Crippen molar-refractivity contribution >= 4 is 16.9 Å². The Kier molecular flexibility index (Phi) is 4.01. The molecule has 0 amide bonds. The second-order valence-electron chi connectivity index (χ2n) is 4.84. The first-order valence-corrected chi connectivity index (χ1v) is 6.91. The summed E-state index contributed by atoms with van der Waals surface area (Å²) in [4.78, 5) is 16.4. The largest absolute Gasteiger partial charge is 0.497 e. The highest BCUT2D eigenvalue weighted by molar-refractivity contribution is 5.93. The Morgan fingerprint density at radius 2 is 1.86 bits per heavy atom. The Morgan fingerprint density at radius 3 is 2.64 bits per heavy atom. The van der Waals surface area contributed by atoms with Crippen LogP contribution in [0.5, 0.6) is 5.75 Å².